The zero-order chi connectivity index (χ0) is 14.7. The third-order valence-corrected chi connectivity index (χ3v) is 3.55. The maximum absolute atomic E-state index is 13.5. The summed E-state index contributed by atoms with van der Waals surface area (Å²) in [6.07, 6.45) is 1.70. The monoisotopic (exact) mass is 334 g/mol. The molecule has 0 fully saturated rings. The summed E-state index contributed by atoms with van der Waals surface area (Å²) in [6, 6.07) is 9.64. The highest BCUT2D eigenvalue weighted by Crippen LogP contribution is 2.28. The van der Waals surface area contributed by atoms with Gasteiger partial charge in [0.25, 0.3) is 0 Å². The molecule has 0 spiro atoms. The van der Waals surface area contributed by atoms with E-state index >= 15 is 0 Å². The van der Waals surface area contributed by atoms with E-state index in [1.165, 1.54) is 19.2 Å². The molecule has 0 atom stereocenters. The summed E-state index contributed by atoms with van der Waals surface area (Å²) in [7, 11) is 1.36. The predicted molar refractivity (Wildman–Crippen MR) is 80.6 cm³/mol. The largest absolute Gasteiger partial charge is 0.494 e. The number of rotatable bonds is 4. The van der Waals surface area contributed by atoms with Gasteiger partial charge < -0.3 is 4.74 Å². The van der Waals surface area contributed by atoms with E-state index in [4.69, 9.17) is 4.74 Å². The van der Waals surface area contributed by atoms with Gasteiger partial charge in [0.1, 0.15) is 0 Å². The van der Waals surface area contributed by atoms with E-state index in [1.807, 2.05) is 0 Å². The zero-order valence-electron chi connectivity index (χ0n) is 10.8. The minimum atomic E-state index is -0.516. The van der Waals surface area contributed by atoms with Gasteiger partial charge in [-0.05, 0) is 33.6 Å². The van der Waals surface area contributed by atoms with Crippen LogP contribution in [0.2, 0.25) is 0 Å². The molecule has 0 heterocycles. The Morgan fingerprint density at radius 2 is 1.95 bits per heavy atom. The van der Waals surface area contributed by atoms with E-state index in [0.717, 1.165) is 5.56 Å². The van der Waals surface area contributed by atoms with Crippen LogP contribution in [-0.4, -0.2) is 12.9 Å². The van der Waals surface area contributed by atoms with Gasteiger partial charge >= 0.3 is 0 Å². The number of hydrogen-bond acceptors (Lipinski definition) is 2. The summed E-state index contributed by atoms with van der Waals surface area (Å²) < 4.78 is 18.8. The number of ketones is 1. The fourth-order valence-corrected chi connectivity index (χ4v) is 2.28. The second-order valence-electron chi connectivity index (χ2n) is 4.12. The third kappa shape index (κ3) is 2.80. The molecule has 0 aliphatic heterocycles. The van der Waals surface area contributed by atoms with Crippen molar-refractivity contribution in [3.63, 3.8) is 0 Å². The molecule has 2 nitrogen and oxygen atoms in total. The summed E-state index contributed by atoms with van der Waals surface area (Å²) >= 11 is 3.20. The lowest BCUT2D eigenvalue weighted by atomic mass is 10.0. The summed E-state index contributed by atoms with van der Waals surface area (Å²) in [4.78, 5) is 12.4. The van der Waals surface area contributed by atoms with Crippen LogP contribution in [0.15, 0.2) is 47.4 Å². The quantitative estimate of drug-likeness (QED) is 0.771. The Labute approximate surface area is 125 Å². The van der Waals surface area contributed by atoms with Crippen LogP contribution >= 0.6 is 15.9 Å². The second-order valence-corrected chi connectivity index (χ2v) is 4.98. The summed E-state index contributed by atoms with van der Waals surface area (Å²) in [5.41, 5.74) is 1.80. The highest BCUT2D eigenvalue weighted by molar-refractivity contribution is 9.10. The van der Waals surface area contributed by atoms with Crippen LogP contribution in [0.5, 0.6) is 5.75 Å². The smallest absolute Gasteiger partial charge is 0.194 e. The molecule has 0 amide bonds. The van der Waals surface area contributed by atoms with Crippen LogP contribution in [0.3, 0.4) is 0 Å². The van der Waals surface area contributed by atoms with E-state index < -0.39 is 5.82 Å². The fraction of sp³-hybridized carbons (Fsp3) is 0.0625. The van der Waals surface area contributed by atoms with Crippen LogP contribution in [0.1, 0.15) is 21.5 Å². The van der Waals surface area contributed by atoms with Crippen LogP contribution in [0.4, 0.5) is 4.39 Å². The minimum absolute atomic E-state index is 0.0410. The van der Waals surface area contributed by atoms with Gasteiger partial charge in [-0.15, -0.1) is 0 Å². The molecule has 0 aliphatic carbocycles. The van der Waals surface area contributed by atoms with Gasteiger partial charge in [0, 0.05) is 15.6 Å². The summed E-state index contributed by atoms with van der Waals surface area (Å²) in [6.45, 7) is 3.66. The minimum Gasteiger partial charge on any atom is -0.494 e. The highest BCUT2D eigenvalue weighted by atomic mass is 79.9. The molecule has 0 radical (unpaired) electrons. The number of hydrogen-bond donors (Lipinski definition) is 0. The molecule has 20 heavy (non-hydrogen) atoms. The molecule has 0 bridgehead atoms. The van der Waals surface area contributed by atoms with Crippen molar-refractivity contribution in [3.8, 4) is 5.75 Å². The molecule has 0 unspecified atom stereocenters. The van der Waals surface area contributed by atoms with Crippen molar-refractivity contribution in [2.24, 2.45) is 0 Å². The summed E-state index contributed by atoms with van der Waals surface area (Å²) in [5.74, 6) is -0.678. The first kappa shape index (κ1) is 14.5. The topological polar surface area (TPSA) is 26.3 Å². The Hall–Kier alpha value is -1.94. The standard InChI is InChI=1S/C16H12BrFO2/c1-3-10-4-6-11(7-5-10)16(19)12-8-15(20-2)14(18)9-13(12)17/h3-9H,1H2,2H3. The number of halogens is 2. The van der Waals surface area contributed by atoms with E-state index in [-0.39, 0.29) is 11.5 Å². The van der Waals surface area contributed by atoms with Crippen LogP contribution in [0, 0.1) is 5.82 Å². The lowest BCUT2D eigenvalue weighted by molar-refractivity contribution is 0.103. The molecule has 102 valence electrons. The number of carbonyl (C=O) groups is 1. The first-order chi connectivity index (χ1) is 9.56. The van der Waals surface area contributed by atoms with Crippen molar-refractivity contribution in [2.75, 3.05) is 7.11 Å². The molecule has 2 aromatic carbocycles. The Bertz CT molecular complexity index is 663. The van der Waals surface area contributed by atoms with Gasteiger partial charge in [0.15, 0.2) is 17.3 Å². The van der Waals surface area contributed by atoms with Gasteiger partial charge in [-0.3, -0.25) is 4.79 Å². The molecule has 4 heteroatoms. The zero-order valence-corrected chi connectivity index (χ0v) is 12.4. The van der Waals surface area contributed by atoms with Gasteiger partial charge in [0.2, 0.25) is 0 Å². The number of methoxy groups -OCH3 is 1. The Kier molecular flexibility index (Phi) is 4.35. The maximum Gasteiger partial charge on any atom is 0.194 e. The van der Waals surface area contributed by atoms with E-state index in [9.17, 15) is 9.18 Å². The van der Waals surface area contributed by atoms with Crippen molar-refractivity contribution in [2.45, 2.75) is 0 Å². The first-order valence-electron chi connectivity index (χ1n) is 5.87. The Balaban J connectivity index is 2.44. The molecular formula is C16H12BrFO2. The highest BCUT2D eigenvalue weighted by Gasteiger charge is 2.16. The average molecular weight is 335 g/mol. The Morgan fingerprint density at radius 3 is 2.50 bits per heavy atom. The van der Waals surface area contributed by atoms with E-state index in [1.54, 1.807) is 30.3 Å². The van der Waals surface area contributed by atoms with Crippen LogP contribution in [0.25, 0.3) is 6.08 Å². The number of ether oxygens (including phenoxy) is 1. The van der Waals surface area contributed by atoms with Crippen molar-refractivity contribution in [1.29, 1.82) is 0 Å². The third-order valence-electron chi connectivity index (χ3n) is 2.89. The molecular weight excluding hydrogens is 323 g/mol. The molecule has 0 saturated heterocycles. The molecule has 2 aromatic rings. The van der Waals surface area contributed by atoms with Crippen molar-refractivity contribution in [3.05, 3.63) is 70.0 Å². The summed E-state index contributed by atoms with van der Waals surface area (Å²) in [5, 5.41) is 0. The van der Waals surface area contributed by atoms with Gasteiger partial charge in [-0.1, -0.05) is 36.9 Å². The maximum atomic E-state index is 13.5. The van der Waals surface area contributed by atoms with E-state index in [0.29, 0.717) is 15.6 Å². The number of carbonyl (C=O) groups excluding carboxylic acids is 1. The normalized spacial score (nSPS) is 10.2. The van der Waals surface area contributed by atoms with Crippen molar-refractivity contribution in [1.82, 2.24) is 0 Å². The van der Waals surface area contributed by atoms with Crippen molar-refractivity contribution >= 4 is 27.8 Å². The molecule has 2 rings (SSSR count). The lowest BCUT2D eigenvalue weighted by Crippen LogP contribution is -2.04. The molecule has 0 aliphatic rings. The molecule has 0 N–H and O–H groups in total. The predicted octanol–water partition coefficient (Wildman–Crippen LogP) is 4.47. The first-order valence-corrected chi connectivity index (χ1v) is 6.66. The van der Waals surface area contributed by atoms with Gasteiger partial charge in [-0.25, -0.2) is 4.39 Å². The SMILES string of the molecule is C=Cc1ccc(C(=O)c2cc(OC)c(F)cc2Br)cc1. The van der Waals surface area contributed by atoms with Gasteiger partial charge in [-0.2, -0.15) is 0 Å². The van der Waals surface area contributed by atoms with Crippen LogP contribution in [-0.2, 0) is 0 Å². The van der Waals surface area contributed by atoms with Gasteiger partial charge in [0.05, 0.1) is 7.11 Å². The van der Waals surface area contributed by atoms with Crippen molar-refractivity contribution < 1.29 is 13.9 Å². The molecule has 0 aromatic heterocycles. The molecule has 0 saturated carbocycles. The lowest BCUT2D eigenvalue weighted by Gasteiger charge is -2.08. The average Bonchev–Trinajstić information content (AvgIpc) is 2.47. The van der Waals surface area contributed by atoms with Crippen LogP contribution < -0.4 is 4.74 Å². The van der Waals surface area contributed by atoms with E-state index in [2.05, 4.69) is 22.5 Å². The fourth-order valence-electron chi connectivity index (χ4n) is 1.79. The Morgan fingerprint density at radius 1 is 1.30 bits per heavy atom. The second kappa shape index (κ2) is 6.01. The number of benzene rings is 2.